The predicted octanol–water partition coefficient (Wildman–Crippen LogP) is -0.326. The number of hydrogen-bond acceptors (Lipinski definition) is 9. The topological polar surface area (TPSA) is 242 Å². The number of unbranched alkanes of at least 4 members (excludes halogenated alkanes) is 1. The second-order valence-corrected chi connectivity index (χ2v) is 12.9. The highest BCUT2D eigenvalue weighted by Gasteiger charge is 2.33. The van der Waals surface area contributed by atoms with Crippen LogP contribution in [0.3, 0.4) is 0 Å². The first-order valence-electron chi connectivity index (χ1n) is 16.5. The van der Waals surface area contributed by atoms with Gasteiger partial charge in [0.15, 0.2) is 0 Å². The molecule has 1 aliphatic heterocycles. The van der Waals surface area contributed by atoms with Crippen molar-refractivity contribution in [3.05, 3.63) is 65.9 Å². The molecule has 0 saturated carbocycles. The minimum absolute atomic E-state index is 0.0837. The largest absolute Gasteiger partial charge is 0.398 e. The predicted molar refractivity (Wildman–Crippen MR) is 192 cm³/mol. The fourth-order valence-corrected chi connectivity index (χ4v) is 6.02. The molecule has 1 aliphatic rings. The van der Waals surface area contributed by atoms with Gasteiger partial charge < -0.3 is 48.4 Å². The summed E-state index contributed by atoms with van der Waals surface area (Å²) in [5.41, 5.74) is 13.7. The van der Waals surface area contributed by atoms with E-state index in [9.17, 15) is 28.8 Å². The van der Waals surface area contributed by atoms with Crippen molar-refractivity contribution in [2.45, 2.75) is 56.3 Å². The lowest BCUT2D eigenvalue weighted by molar-refractivity contribution is -0.134. The number of rotatable bonds is 12. The number of amides is 6. The summed E-state index contributed by atoms with van der Waals surface area (Å²) in [6.45, 7) is -0.453. The number of aromatic nitrogens is 1. The molecule has 0 unspecified atom stereocenters. The Hall–Kier alpha value is -5.09. The number of para-hydroxylation sites is 2. The van der Waals surface area contributed by atoms with E-state index in [0.29, 0.717) is 25.1 Å². The average molecular weight is 708 g/mol. The Morgan fingerprint density at radius 2 is 1.48 bits per heavy atom. The van der Waals surface area contributed by atoms with Crippen molar-refractivity contribution in [3.8, 4) is 0 Å². The maximum Gasteiger partial charge on any atom is 0.253 e. The van der Waals surface area contributed by atoms with Crippen LogP contribution in [0.5, 0.6) is 0 Å². The van der Waals surface area contributed by atoms with Crippen molar-refractivity contribution in [1.82, 2.24) is 36.9 Å². The van der Waals surface area contributed by atoms with Gasteiger partial charge >= 0.3 is 0 Å². The summed E-state index contributed by atoms with van der Waals surface area (Å²) in [6.07, 6.45) is 5.13. The Morgan fingerprint density at radius 1 is 0.820 bits per heavy atom. The number of thioether (sulfide) groups is 1. The van der Waals surface area contributed by atoms with E-state index in [1.54, 1.807) is 24.4 Å². The number of aromatic amines is 1. The maximum absolute atomic E-state index is 13.9. The van der Waals surface area contributed by atoms with Crippen molar-refractivity contribution < 1.29 is 28.8 Å². The van der Waals surface area contributed by atoms with Crippen LogP contribution in [0.15, 0.2) is 54.7 Å². The van der Waals surface area contributed by atoms with Crippen LogP contribution in [0.2, 0.25) is 0 Å². The summed E-state index contributed by atoms with van der Waals surface area (Å²) in [7, 11) is 0. The summed E-state index contributed by atoms with van der Waals surface area (Å²) in [5, 5.41) is 16.9. The van der Waals surface area contributed by atoms with Gasteiger partial charge in [-0.2, -0.15) is 11.8 Å². The molecule has 50 heavy (non-hydrogen) atoms. The highest BCUT2D eigenvalue weighted by molar-refractivity contribution is 7.98. The number of nitrogens with two attached hydrogens (primary N) is 2. The molecule has 1 saturated heterocycles. The van der Waals surface area contributed by atoms with Gasteiger partial charge in [-0.3, -0.25) is 28.8 Å². The number of carbonyl (C=O) groups is 6. The summed E-state index contributed by atoms with van der Waals surface area (Å²) in [5.74, 6) is -3.40. The molecule has 268 valence electrons. The molecule has 0 bridgehead atoms. The number of anilines is 1. The van der Waals surface area contributed by atoms with Gasteiger partial charge in [0, 0.05) is 35.8 Å². The molecule has 4 rings (SSSR count). The second-order valence-electron chi connectivity index (χ2n) is 11.9. The lowest BCUT2D eigenvalue weighted by Crippen LogP contribution is -2.60. The molecule has 11 N–H and O–H groups in total. The number of nitrogens with one attached hydrogen (secondary N) is 7. The van der Waals surface area contributed by atoms with E-state index in [0.717, 1.165) is 16.5 Å². The van der Waals surface area contributed by atoms with E-state index in [4.69, 9.17) is 11.5 Å². The van der Waals surface area contributed by atoms with Gasteiger partial charge in [-0.1, -0.05) is 30.3 Å². The molecule has 15 nitrogen and oxygen atoms in total. The van der Waals surface area contributed by atoms with Crippen LogP contribution in [0.4, 0.5) is 5.69 Å². The standard InChI is InChI=1S/C34H45N9O6S/c1-50-15-13-26-31(46)39-19-29(44)40-27(16-20-17-37-24-11-5-3-8-21(20)24)33(48)41-25(12-6-7-14-35)32(47)43-28(34(49)42-26)18-38-30(45)22-9-2-4-10-23(22)36/h2-5,8-11,17,25-28,37H,6-7,12-16,18-19,35-36H2,1H3,(H,38,45)(H,39,46)(H,40,44)(H,41,48)(H,42,49)(H,43,47)/t25-,26-,27+,28+/m1/s1. The lowest BCUT2D eigenvalue weighted by Gasteiger charge is -2.26. The van der Waals surface area contributed by atoms with Crippen LogP contribution in [0, 0.1) is 0 Å². The molecule has 2 heterocycles. The van der Waals surface area contributed by atoms with Crippen molar-refractivity contribution >= 4 is 63.8 Å². The number of nitrogen functional groups attached to an aromatic ring is 1. The van der Waals surface area contributed by atoms with E-state index in [2.05, 4.69) is 36.9 Å². The summed E-state index contributed by atoms with van der Waals surface area (Å²) in [6, 6.07) is 9.25. The smallest absolute Gasteiger partial charge is 0.253 e. The van der Waals surface area contributed by atoms with E-state index >= 15 is 0 Å². The first-order valence-corrected chi connectivity index (χ1v) is 17.9. The molecule has 0 radical (unpaired) electrons. The number of H-pyrrole nitrogens is 1. The van der Waals surface area contributed by atoms with Gasteiger partial charge in [0.25, 0.3) is 5.91 Å². The molecule has 2 aromatic carbocycles. The third-order valence-corrected chi connectivity index (χ3v) is 8.95. The van der Waals surface area contributed by atoms with Crippen molar-refractivity contribution in [2.24, 2.45) is 5.73 Å². The molecule has 6 amide bonds. The lowest BCUT2D eigenvalue weighted by atomic mass is 10.0. The van der Waals surface area contributed by atoms with Crippen LogP contribution >= 0.6 is 11.8 Å². The van der Waals surface area contributed by atoms with Crippen LogP contribution in [-0.2, 0) is 30.4 Å². The third-order valence-electron chi connectivity index (χ3n) is 8.30. The molecule has 1 fully saturated rings. The van der Waals surface area contributed by atoms with Crippen LogP contribution in [-0.4, -0.2) is 96.2 Å². The molecular weight excluding hydrogens is 662 g/mol. The zero-order chi connectivity index (χ0) is 36.0. The highest BCUT2D eigenvalue weighted by Crippen LogP contribution is 2.19. The van der Waals surface area contributed by atoms with Gasteiger partial charge in [0.2, 0.25) is 29.5 Å². The Morgan fingerprint density at radius 3 is 2.22 bits per heavy atom. The summed E-state index contributed by atoms with van der Waals surface area (Å²) < 4.78 is 0. The molecule has 0 spiro atoms. The van der Waals surface area contributed by atoms with E-state index in [-0.39, 0.29) is 37.1 Å². The van der Waals surface area contributed by atoms with Crippen molar-refractivity contribution in [3.63, 3.8) is 0 Å². The Kier molecular flexibility index (Phi) is 14.0. The number of hydrogen-bond donors (Lipinski definition) is 9. The summed E-state index contributed by atoms with van der Waals surface area (Å²) >= 11 is 1.46. The Balaban J connectivity index is 1.65. The molecule has 0 aliphatic carbocycles. The second kappa shape index (κ2) is 18.6. The van der Waals surface area contributed by atoms with Gasteiger partial charge in [-0.25, -0.2) is 0 Å². The first-order chi connectivity index (χ1) is 24.1. The van der Waals surface area contributed by atoms with Gasteiger partial charge in [-0.05, 0) is 68.0 Å². The first kappa shape index (κ1) is 37.7. The number of carbonyl (C=O) groups excluding carboxylic acids is 6. The molecule has 1 aromatic heterocycles. The third kappa shape index (κ3) is 10.5. The van der Waals surface area contributed by atoms with Gasteiger partial charge in [0.1, 0.15) is 24.2 Å². The SMILES string of the molecule is CSCC[C@H]1NC(=O)[C@H](CNC(=O)c2ccccc2N)NC(=O)[C@@H](CCCCN)NC(=O)[C@H](Cc2c[nH]c3ccccc23)NC(=O)CNC1=O. The fourth-order valence-electron chi connectivity index (χ4n) is 5.55. The Bertz CT molecular complexity index is 1680. The molecular formula is C34H45N9O6S. The molecule has 3 aromatic rings. The van der Waals surface area contributed by atoms with E-state index < -0.39 is 66.2 Å². The van der Waals surface area contributed by atoms with Crippen molar-refractivity contribution in [1.29, 1.82) is 0 Å². The molecule has 16 heteroatoms. The zero-order valence-corrected chi connectivity index (χ0v) is 28.7. The highest BCUT2D eigenvalue weighted by atomic mass is 32.2. The van der Waals surface area contributed by atoms with Gasteiger partial charge in [0.05, 0.1) is 12.1 Å². The summed E-state index contributed by atoms with van der Waals surface area (Å²) in [4.78, 5) is 84.0. The monoisotopic (exact) mass is 707 g/mol. The van der Waals surface area contributed by atoms with Gasteiger partial charge in [-0.15, -0.1) is 0 Å². The zero-order valence-electron chi connectivity index (χ0n) is 27.9. The maximum atomic E-state index is 13.9. The quantitative estimate of drug-likeness (QED) is 0.0883. The van der Waals surface area contributed by atoms with Crippen LogP contribution in [0.25, 0.3) is 10.9 Å². The van der Waals surface area contributed by atoms with E-state index in [1.165, 1.54) is 17.8 Å². The minimum Gasteiger partial charge on any atom is -0.398 e. The minimum atomic E-state index is -1.35. The Labute approximate surface area is 294 Å². The van der Waals surface area contributed by atoms with Crippen LogP contribution in [0.1, 0.15) is 41.6 Å². The normalized spacial score (nSPS) is 20.8. The number of fused-ring (bicyclic) bond motifs is 1. The molecule has 4 atom stereocenters. The van der Waals surface area contributed by atoms with Crippen LogP contribution < -0.4 is 43.4 Å². The number of benzene rings is 2. The fraction of sp³-hybridized carbons (Fsp3) is 0.412. The van der Waals surface area contributed by atoms with Crippen molar-refractivity contribution in [2.75, 3.05) is 37.4 Å². The van der Waals surface area contributed by atoms with E-state index in [1.807, 2.05) is 30.5 Å². The average Bonchev–Trinajstić information content (AvgIpc) is 3.52.